The molecule has 7 heteroatoms. The normalized spacial score (nSPS) is 13.1. The average Bonchev–Trinajstić information content (AvgIpc) is 2.35. The van der Waals surface area contributed by atoms with Crippen molar-refractivity contribution in [3.05, 3.63) is 29.8 Å². The number of hydrogen-bond donors (Lipinski definition) is 2. The zero-order valence-electron chi connectivity index (χ0n) is 10.3. The maximum Gasteiger partial charge on any atom is 0.416 e. The second-order valence-corrected chi connectivity index (χ2v) is 3.95. The Morgan fingerprint density at radius 2 is 1.95 bits per heavy atom. The fourth-order valence-electron chi connectivity index (χ4n) is 1.35. The molecule has 1 rings (SSSR count). The fourth-order valence-corrected chi connectivity index (χ4v) is 1.35. The Morgan fingerprint density at radius 3 is 2.42 bits per heavy atom. The minimum Gasteiger partial charge on any atom is -0.385 e. The summed E-state index contributed by atoms with van der Waals surface area (Å²) in [5.74, 6) is -0.461. The molecule has 106 valence electrons. The third kappa shape index (κ3) is 4.88. The van der Waals surface area contributed by atoms with Gasteiger partial charge < -0.3 is 15.8 Å². The van der Waals surface area contributed by atoms with Crippen molar-refractivity contribution in [2.75, 3.05) is 19.0 Å². The van der Waals surface area contributed by atoms with Crippen LogP contribution in [0.3, 0.4) is 0 Å². The van der Waals surface area contributed by atoms with E-state index in [1.54, 1.807) is 0 Å². The molecule has 0 spiro atoms. The van der Waals surface area contributed by atoms with Crippen molar-refractivity contribution < 1.29 is 22.7 Å². The van der Waals surface area contributed by atoms with E-state index in [0.29, 0.717) is 13.0 Å². The first-order valence-corrected chi connectivity index (χ1v) is 5.57. The topological polar surface area (TPSA) is 64.3 Å². The molecule has 0 bridgehead atoms. The van der Waals surface area contributed by atoms with Crippen LogP contribution in [-0.2, 0) is 15.7 Å². The zero-order chi connectivity index (χ0) is 14.5. The van der Waals surface area contributed by atoms with Crippen LogP contribution in [0, 0.1) is 0 Å². The van der Waals surface area contributed by atoms with Crippen molar-refractivity contribution in [2.24, 2.45) is 5.73 Å². The minimum absolute atomic E-state index is 0.269. The summed E-state index contributed by atoms with van der Waals surface area (Å²) in [6.07, 6.45) is -4.06. The number of hydrogen-bond acceptors (Lipinski definition) is 3. The van der Waals surface area contributed by atoms with Crippen LogP contribution >= 0.6 is 0 Å². The van der Waals surface area contributed by atoms with E-state index in [2.05, 4.69) is 5.32 Å². The lowest BCUT2D eigenvalue weighted by Gasteiger charge is -2.12. The van der Waals surface area contributed by atoms with E-state index >= 15 is 0 Å². The molecular formula is C12H15F3N2O2. The third-order valence-corrected chi connectivity index (χ3v) is 2.45. The number of nitrogens with one attached hydrogen (secondary N) is 1. The van der Waals surface area contributed by atoms with Gasteiger partial charge >= 0.3 is 6.18 Å². The van der Waals surface area contributed by atoms with E-state index in [1.807, 2.05) is 0 Å². The number of carbonyl (C=O) groups is 1. The summed E-state index contributed by atoms with van der Waals surface area (Å²) in [4.78, 5) is 11.6. The van der Waals surface area contributed by atoms with E-state index in [0.717, 1.165) is 12.1 Å². The molecule has 0 radical (unpaired) electrons. The molecule has 0 saturated carbocycles. The maximum atomic E-state index is 12.3. The summed E-state index contributed by atoms with van der Waals surface area (Å²) < 4.78 is 41.8. The monoisotopic (exact) mass is 276 g/mol. The predicted molar refractivity (Wildman–Crippen MR) is 64.5 cm³/mol. The standard InChI is InChI=1S/C12H15F3N2O2/c1-19-7-6-10(16)11(18)17-9-4-2-8(3-5-9)12(13,14)15/h2-5,10H,6-7,16H2,1H3,(H,17,18). The maximum absolute atomic E-state index is 12.3. The first kappa shape index (κ1) is 15.5. The molecule has 1 aromatic rings. The highest BCUT2D eigenvalue weighted by Crippen LogP contribution is 2.29. The molecule has 4 nitrogen and oxygen atoms in total. The van der Waals surface area contributed by atoms with Crippen molar-refractivity contribution in [3.63, 3.8) is 0 Å². The van der Waals surface area contributed by atoms with Crippen LogP contribution in [-0.4, -0.2) is 25.7 Å². The highest BCUT2D eigenvalue weighted by molar-refractivity contribution is 5.94. The Bertz CT molecular complexity index is 418. The number of rotatable bonds is 5. The predicted octanol–water partition coefficient (Wildman–Crippen LogP) is 2.01. The number of alkyl halides is 3. The molecule has 1 unspecified atom stereocenters. The van der Waals surface area contributed by atoms with Crippen LogP contribution in [0.25, 0.3) is 0 Å². The molecule has 0 fully saturated rings. The first-order chi connectivity index (χ1) is 8.84. The van der Waals surface area contributed by atoms with Crippen molar-refractivity contribution in [1.29, 1.82) is 0 Å². The van der Waals surface area contributed by atoms with Crippen LogP contribution in [0.4, 0.5) is 18.9 Å². The SMILES string of the molecule is COCCC(N)C(=O)Nc1ccc(C(F)(F)F)cc1. The number of halogens is 3. The number of ether oxygens (including phenoxy) is 1. The number of benzene rings is 1. The molecule has 0 aliphatic carbocycles. The Morgan fingerprint density at radius 1 is 1.37 bits per heavy atom. The summed E-state index contributed by atoms with van der Waals surface area (Å²) in [6.45, 7) is 0.335. The summed E-state index contributed by atoms with van der Waals surface area (Å²) in [7, 11) is 1.49. The van der Waals surface area contributed by atoms with Gasteiger partial charge in [0.2, 0.25) is 5.91 Å². The van der Waals surface area contributed by atoms with Crippen molar-refractivity contribution in [1.82, 2.24) is 0 Å². The van der Waals surface area contributed by atoms with Crippen LogP contribution in [0.1, 0.15) is 12.0 Å². The van der Waals surface area contributed by atoms with Gasteiger partial charge in [0.25, 0.3) is 0 Å². The van der Waals surface area contributed by atoms with Gasteiger partial charge in [-0.3, -0.25) is 4.79 Å². The highest BCUT2D eigenvalue weighted by Gasteiger charge is 2.30. The molecule has 0 aliphatic rings. The van der Waals surface area contributed by atoms with E-state index in [-0.39, 0.29) is 5.69 Å². The van der Waals surface area contributed by atoms with Crippen molar-refractivity contribution >= 4 is 11.6 Å². The second-order valence-electron chi connectivity index (χ2n) is 3.95. The van der Waals surface area contributed by atoms with Gasteiger partial charge in [-0.1, -0.05) is 0 Å². The third-order valence-electron chi connectivity index (χ3n) is 2.45. The second kappa shape index (κ2) is 6.53. The Balaban J connectivity index is 2.60. The number of amides is 1. The largest absolute Gasteiger partial charge is 0.416 e. The molecule has 3 N–H and O–H groups in total. The molecule has 0 aromatic heterocycles. The van der Waals surface area contributed by atoms with Gasteiger partial charge in [-0.05, 0) is 30.7 Å². The van der Waals surface area contributed by atoms with Crippen LogP contribution in [0.2, 0.25) is 0 Å². The van der Waals surface area contributed by atoms with Crippen molar-refractivity contribution in [2.45, 2.75) is 18.6 Å². The van der Waals surface area contributed by atoms with E-state index in [4.69, 9.17) is 10.5 Å². The summed E-state index contributed by atoms with van der Waals surface area (Å²) in [6, 6.07) is 3.40. The van der Waals surface area contributed by atoms with Crippen LogP contribution in [0.5, 0.6) is 0 Å². The summed E-state index contributed by atoms with van der Waals surface area (Å²) in [5, 5.41) is 2.44. The van der Waals surface area contributed by atoms with Gasteiger partial charge in [0.1, 0.15) is 0 Å². The molecule has 19 heavy (non-hydrogen) atoms. The van der Waals surface area contributed by atoms with Crippen LogP contribution in [0.15, 0.2) is 24.3 Å². The molecular weight excluding hydrogens is 261 g/mol. The molecule has 0 saturated heterocycles. The number of nitrogens with two attached hydrogens (primary N) is 1. The number of anilines is 1. The average molecular weight is 276 g/mol. The highest BCUT2D eigenvalue weighted by atomic mass is 19.4. The molecule has 1 amide bonds. The molecule has 0 heterocycles. The van der Waals surface area contributed by atoms with Crippen molar-refractivity contribution in [3.8, 4) is 0 Å². The summed E-state index contributed by atoms with van der Waals surface area (Å²) >= 11 is 0. The Labute approximate surface area is 108 Å². The smallest absolute Gasteiger partial charge is 0.385 e. The van der Waals surface area contributed by atoms with Gasteiger partial charge in [0, 0.05) is 19.4 Å². The molecule has 1 aromatic carbocycles. The quantitative estimate of drug-likeness (QED) is 0.864. The van der Waals surface area contributed by atoms with Gasteiger partial charge in [0.05, 0.1) is 11.6 Å². The lowest BCUT2D eigenvalue weighted by atomic mass is 10.2. The first-order valence-electron chi connectivity index (χ1n) is 5.57. The fraction of sp³-hybridized carbons (Fsp3) is 0.417. The van der Waals surface area contributed by atoms with Gasteiger partial charge in [-0.2, -0.15) is 13.2 Å². The zero-order valence-corrected chi connectivity index (χ0v) is 10.3. The van der Waals surface area contributed by atoms with Gasteiger partial charge in [0.15, 0.2) is 0 Å². The van der Waals surface area contributed by atoms with Gasteiger partial charge in [-0.15, -0.1) is 0 Å². The minimum atomic E-state index is -4.39. The summed E-state index contributed by atoms with van der Waals surface area (Å²) in [5.41, 5.74) is 5.08. The van der Waals surface area contributed by atoms with Crippen LogP contribution < -0.4 is 11.1 Å². The molecule has 0 aliphatic heterocycles. The van der Waals surface area contributed by atoms with E-state index in [9.17, 15) is 18.0 Å². The van der Waals surface area contributed by atoms with E-state index < -0.39 is 23.7 Å². The molecule has 1 atom stereocenters. The lowest BCUT2D eigenvalue weighted by Crippen LogP contribution is -2.36. The Hall–Kier alpha value is -1.60. The lowest BCUT2D eigenvalue weighted by molar-refractivity contribution is -0.137. The van der Waals surface area contributed by atoms with E-state index in [1.165, 1.54) is 19.2 Å². The Kier molecular flexibility index (Phi) is 5.31. The van der Waals surface area contributed by atoms with Gasteiger partial charge in [-0.25, -0.2) is 0 Å². The number of methoxy groups -OCH3 is 1. The number of carbonyl (C=O) groups excluding carboxylic acids is 1.